The van der Waals surface area contributed by atoms with Crippen molar-refractivity contribution in [2.75, 3.05) is 5.73 Å². The monoisotopic (exact) mass is 359 g/mol. The Bertz CT molecular complexity index is 1070. The number of nitrogens with zero attached hydrogens (tertiary/aromatic N) is 3. The summed E-state index contributed by atoms with van der Waals surface area (Å²) in [6.07, 6.45) is 8.51. The fourth-order valence-electron chi connectivity index (χ4n) is 3.47. The average molecular weight is 359 g/mol. The van der Waals surface area contributed by atoms with E-state index in [0.717, 1.165) is 35.2 Å². The Balaban J connectivity index is 1.92. The van der Waals surface area contributed by atoms with E-state index in [4.69, 9.17) is 11.1 Å². The highest BCUT2D eigenvalue weighted by Gasteiger charge is 2.28. The van der Waals surface area contributed by atoms with Gasteiger partial charge >= 0.3 is 0 Å². The minimum Gasteiger partial charge on any atom is -0.384 e. The van der Waals surface area contributed by atoms with E-state index in [0.29, 0.717) is 29.4 Å². The maximum Gasteiger partial charge on any atom is 0.260 e. The molecular weight excluding hydrogens is 338 g/mol. The number of hydrogen-bond acceptors (Lipinski definition) is 5. The van der Waals surface area contributed by atoms with Crippen LogP contribution < -0.4 is 11.3 Å². The van der Waals surface area contributed by atoms with E-state index in [9.17, 15) is 4.79 Å². The van der Waals surface area contributed by atoms with Gasteiger partial charge in [0.1, 0.15) is 5.82 Å². The first-order valence-electron chi connectivity index (χ1n) is 9.08. The highest BCUT2D eigenvalue weighted by molar-refractivity contribution is 5.87. The van der Waals surface area contributed by atoms with Crippen molar-refractivity contribution < 1.29 is 0 Å². The van der Waals surface area contributed by atoms with Gasteiger partial charge in [-0.15, -0.1) is 0 Å². The van der Waals surface area contributed by atoms with Crippen LogP contribution in [0.2, 0.25) is 0 Å². The third kappa shape index (κ3) is 3.03. The lowest BCUT2D eigenvalue weighted by atomic mass is 9.93. The van der Waals surface area contributed by atoms with Crippen LogP contribution >= 0.6 is 0 Å². The van der Waals surface area contributed by atoms with E-state index >= 15 is 0 Å². The first-order chi connectivity index (χ1) is 13.1. The molecule has 3 N–H and O–H groups in total. The molecule has 2 heterocycles. The Morgan fingerprint density at radius 2 is 2.07 bits per heavy atom. The molecule has 0 radical (unpaired) electrons. The summed E-state index contributed by atoms with van der Waals surface area (Å²) in [6, 6.07) is 7.81. The van der Waals surface area contributed by atoms with Crippen LogP contribution in [-0.2, 0) is 6.54 Å². The molecule has 136 valence electrons. The second kappa shape index (κ2) is 6.79. The average Bonchev–Trinajstić information content (AvgIpc) is 3.54. The number of anilines is 1. The maximum absolute atomic E-state index is 13.0. The van der Waals surface area contributed by atoms with Gasteiger partial charge in [0.15, 0.2) is 0 Å². The van der Waals surface area contributed by atoms with Crippen molar-refractivity contribution in [3.63, 3.8) is 0 Å². The van der Waals surface area contributed by atoms with Gasteiger partial charge in [0.05, 0.1) is 11.9 Å². The SMILES string of the molecule is CCn1c(N)c(C=N)cc(-c2ccc(-c3cnccn3)cc2C2CC2)c1=O. The summed E-state index contributed by atoms with van der Waals surface area (Å²) >= 11 is 0. The van der Waals surface area contributed by atoms with Crippen LogP contribution in [0.4, 0.5) is 5.82 Å². The summed E-state index contributed by atoms with van der Waals surface area (Å²) in [4.78, 5) is 21.6. The number of nitrogens with one attached hydrogen (secondary N) is 1. The van der Waals surface area contributed by atoms with Crippen LogP contribution in [0, 0.1) is 5.41 Å². The van der Waals surface area contributed by atoms with Gasteiger partial charge in [-0.2, -0.15) is 0 Å². The Morgan fingerprint density at radius 3 is 2.70 bits per heavy atom. The molecule has 0 amide bonds. The zero-order valence-electron chi connectivity index (χ0n) is 15.1. The molecule has 1 aliphatic carbocycles. The molecule has 0 atom stereocenters. The van der Waals surface area contributed by atoms with Crippen LogP contribution in [0.15, 0.2) is 47.7 Å². The van der Waals surface area contributed by atoms with Crippen molar-refractivity contribution in [3.05, 3.63) is 64.3 Å². The zero-order valence-corrected chi connectivity index (χ0v) is 15.1. The predicted molar refractivity (Wildman–Crippen MR) is 107 cm³/mol. The molecule has 0 unspecified atom stereocenters. The summed E-state index contributed by atoms with van der Waals surface area (Å²) in [6.45, 7) is 2.35. The van der Waals surface area contributed by atoms with Crippen LogP contribution in [0.1, 0.15) is 36.8 Å². The molecule has 0 saturated heterocycles. The Hall–Kier alpha value is -3.28. The molecule has 1 aromatic carbocycles. The third-order valence-electron chi connectivity index (χ3n) is 5.05. The number of rotatable bonds is 5. The first-order valence-corrected chi connectivity index (χ1v) is 9.08. The number of nitrogens with two attached hydrogens (primary N) is 1. The number of pyridine rings is 1. The van der Waals surface area contributed by atoms with E-state index in [1.165, 1.54) is 10.8 Å². The van der Waals surface area contributed by atoms with Crippen LogP contribution in [0.3, 0.4) is 0 Å². The van der Waals surface area contributed by atoms with E-state index in [2.05, 4.69) is 16.0 Å². The Morgan fingerprint density at radius 1 is 1.26 bits per heavy atom. The van der Waals surface area contributed by atoms with Crippen molar-refractivity contribution in [2.24, 2.45) is 0 Å². The highest BCUT2D eigenvalue weighted by atomic mass is 16.1. The normalized spacial score (nSPS) is 13.5. The van der Waals surface area contributed by atoms with Gasteiger partial charge in [-0.1, -0.05) is 12.1 Å². The van der Waals surface area contributed by atoms with Crippen molar-refractivity contribution in [3.8, 4) is 22.4 Å². The lowest BCUT2D eigenvalue weighted by molar-refractivity contribution is 0.740. The summed E-state index contributed by atoms with van der Waals surface area (Å²) in [5.74, 6) is 0.789. The molecule has 27 heavy (non-hydrogen) atoms. The van der Waals surface area contributed by atoms with E-state index in [1.807, 2.05) is 19.1 Å². The number of aromatic nitrogens is 3. The minimum absolute atomic E-state index is 0.116. The minimum atomic E-state index is -0.116. The van der Waals surface area contributed by atoms with Crippen molar-refractivity contribution in [1.29, 1.82) is 5.41 Å². The standard InChI is InChI=1S/C21H21N5O/c1-2-26-20(23)15(11-22)10-18(21(26)27)16-6-5-14(9-17(16)13-3-4-13)19-12-24-7-8-25-19/h5-13,22H,2-4,23H2,1H3. The number of nitrogen functional groups attached to an aromatic ring is 1. The topological polar surface area (TPSA) is 97.7 Å². The molecule has 6 nitrogen and oxygen atoms in total. The molecule has 1 saturated carbocycles. The van der Waals surface area contributed by atoms with Gasteiger partial charge in [-0.05, 0) is 48.9 Å². The molecule has 0 aliphatic heterocycles. The molecule has 6 heteroatoms. The third-order valence-corrected chi connectivity index (χ3v) is 5.05. The molecule has 0 spiro atoms. The van der Waals surface area contributed by atoms with E-state index in [-0.39, 0.29) is 5.56 Å². The highest BCUT2D eigenvalue weighted by Crippen LogP contribution is 2.45. The Kier molecular flexibility index (Phi) is 4.32. The molecule has 3 aromatic rings. The maximum atomic E-state index is 13.0. The van der Waals surface area contributed by atoms with Gasteiger partial charge in [0.2, 0.25) is 0 Å². The first kappa shape index (κ1) is 17.1. The Labute approximate surface area is 157 Å². The van der Waals surface area contributed by atoms with Gasteiger partial charge in [0.25, 0.3) is 5.56 Å². The fraction of sp³-hybridized carbons (Fsp3) is 0.238. The molecule has 1 fully saturated rings. The summed E-state index contributed by atoms with van der Waals surface area (Å²) < 4.78 is 1.53. The summed E-state index contributed by atoms with van der Waals surface area (Å²) in [5.41, 5.74) is 11.0. The summed E-state index contributed by atoms with van der Waals surface area (Å²) in [5, 5.41) is 7.65. The second-order valence-electron chi connectivity index (χ2n) is 6.76. The smallest absolute Gasteiger partial charge is 0.260 e. The van der Waals surface area contributed by atoms with Crippen LogP contribution in [0.5, 0.6) is 0 Å². The zero-order chi connectivity index (χ0) is 19.0. The van der Waals surface area contributed by atoms with Gasteiger partial charge in [-0.25, -0.2) is 0 Å². The molecule has 0 bridgehead atoms. The fourth-order valence-corrected chi connectivity index (χ4v) is 3.47. The predicted octanol–water partition coefficient (Wildman–Crippen LogP) is 3.45. The largest absolute Gasteiger partial charge is 0.384 e. The van der Waals surface area contributed by atoms with Crippen LogP contribution in [-0.4, -0.2) is 20.7 Å². The molecule has 1 aliphatic rings. The van der Waals surface area contributed by atoms with Gasteiger partial charge in [-0.3, -0.25) is 19.3 Å². The lowest BCUT2D eigenvalue weighted by Crippen LogP contribution is -2.25. The molecule has 4 rings (SSSR count). The van der Waals surface area contributed by atoms with Crippen molar-refractivity contribution in [2.45, 2.75) is 32.2 Å². The second-order valence-corrected chi connectivity index (χ2v) is 6.76. The number of benzene rings is 1. The van der Waals surface area contributed by atoms with Crippen molar-refractivity contribution in [1.82, 2.24) is 14.5 Å². The molecular formula is C21H21N5O. The lowest BCUT2D eigenvalue weighted by Gasteiger charge is -2.16. The summed E-state index contributed by atoms with van der Waals surface area (Å²) in [7, 11) is 0. The van der Waals surface area contributed by atoms with Crippen molar-refractivity contribution >= 4 is 12.0 Å². The van der Waals surface area contributed by atoms with E-state index in [1.54, 1.807) is 24.7 Å². The molecule has 2 aromatic heterocycles. The van der Waals surface area contributed by atoms with Crippen LogP contribution in [0.25, 0.3) is 22.4 Å². The quantitative estimate of drug-likeness (QED) is 0.682. The van der Waals surface area contributed by atoms with E-state index < -0.39 is 0 Å². The van der Waals surface area contributed by atoms with Gasteiger partial charge < -0.3 is 11.1 Å². The van der Waals surface area contributed by atoms with Gasteiger partial charge in [0, 0.05) is 41.8 Å². The number of hydrogen-bond donors (Lipinski definition) is 2.